The predicted octanol–water partition coefficient (Wildman–Crippen LogP) is 6.47. The Morgan fingerprint density at radius 3 is 2.18 bits per heavy atom. The summed E-state index contributed by atoms with van der Waals surface area (Å²) >= 11 is 9.54. The van der Waals surface area contributed by atoms with Crippen molar-refractivity contribution in [2.75, 3.05) is 24.0 Å². The van der Waals surface area contributed by atoms with Crippen LogP contribution < -0.4 is 14.4 Å². The molecule has 0 spiro atoms. The molecule has 236 valence electrons. The number of halogens is 2. The highest BCUT2D eigenvalue weighted by Gasteiger charge is 2.34. The Kier molecular flexibility index (Phi) is 12.0. The van der Waals surface area contributed by atoms with E-state index in [2.05, 4.69) is 21.2 Å². The number of carbonyl (C=O) groups is 2. The molecule has 1 N–H and O–H groups in total. The van der Waals surface area contributed by atoms with Crippen LogP contribution >= 0.6 is 27.5 Å². The minimum Gasteiger partial charge on any atom is -0.494 e. The molecule has 11 heteroatoms. The Balaban J connectivity index is 1.79. The summed E-state index contributed by atoms with van der Waals surface area (Å²) < 4.78 is 35.6. The molecule has 1 unspecified atom stereocenters. The molecule has 2 amide bonds. The summed E-state index contributed by atoms with van der Waals surface area (Å²) in [5.74, 6) is -0.321. The first-order valence-electron chi connectivity index (χ1n) is 14.5. The maximum atomic E-state index is 14.4. The summed E-state index contributed by atoms with van der Waals surface area (Å²) in [5.41, 5.74) is 1.90. The molecule has 0 saturated carbocycles. The number of nitrogens with zero attached hydrogens (tertiary/aromatic N) is 2. The smallest absolute Gasteiger partial charge is 0.264 e. The van der Waals surface area contributed by atoms with Crippen LogP contribution in [0.25, 0.3) is 0 Å². The number of nitrogens with one attached hydrogen (secondary N) is 1. The molecular formula is C34H35BrClN3O5S. The predicted molar refractivity (Wildman–Crippen MR) is 181 cm³/mol. The Hall–Kier alpha value is -3.86. The molecule has 4 rings (SSSR count). The number of anilines is 1. The van der Waals surface area contributed by atoms with E-state index in [0.29, 0.717) is 23.9 Å². The second kappa shape index (κ2) is 15.9. The van der Waals surface area contributed by atoms with Crippen molar-refractivity contribution in [3.8, 4) is 5.75 Å². The lowest BCUT2D eigenvalue weighted by atomic mass is 10.0. The van der Waals surface area contributed by atoms with Gasteiger partial charge in [0.25, 0.3) is 10.0 Å². The van der Waals surface area contributed by atoms with Crippen LogP contribution in [0.4, 0.5) is 5.69 Å². The van der Waals surface area contributed by atoms with E-state index in [4.69, 9.17) is 16.3 Å². The molecule has 45 heavy (non-hydrogen) atoms. The molecule has 8 nitrogen and oxygen atoms in total. The van der Waals surface area contributed by atoms with Crippen LogP contribution in [0.15, 0.2) is 112 Å². The summed E-state index contributed by atoms with van der Waals surface area (Å²) in [6.45, 7) is 3.99. The first-order chi connectivity index (χ1) is 21.6. The number of likely N-dealkylation sites (N-methyl/N-ethyl adjacent to an activating group) is 1. The van der Waals surface area contributed by atoms with E-state index in [0.717, 1.165) is 19.9 Å². The van der Waals surface area contributed by atoms with Gasteiger partial charge in [0, 0.05) is 29.0 Å². The van der Waals surface area contributed by atoms with Crippen molar-refractivity contribution in [3.63, 3.8) is 0 Å². The van der Waals surface area contributed by atoms with Crippen molar-refractivity contribution in [2.45, 2.75) is 37.8 Å². The number of hydrogen-bond acceptors (Lipinski definition) is 5. The normalized spacial score (nSPS) is 11.8. The van der Waals surface area contributed by atoms with Gasteiger partial charge in [0.05, 0.1) is 17.2 Å². The average molecular weight is 713 g/mol. The molecule has 0 aliphatic carbocycles. The van der Waals surface area contributed by atoms with Crippen LogP contribution in [0.3, 0.4) is 0 Å². The van der Waals surface area contributed by atoms with Gasteiger partial charge < -0.3 is 15.0 Å². The van der Waals surface area contributed by atoms with Crippen LogP contribution in [0.1, 0.15) is 25.0 Å². The van der Waals surface area contributed by atoms with Crippen molar-refractivity contribution < 1.29 is 22.7 Å². The van der Waals surface area contributed by atoms with Gasteiger partial charge in [-0.15, -0.1) is 0 Å². The third-order valence-electron chi connectivity index (χ3n) is 6.98. The standard InChI is InChI=1S/C34H35BrClN3O5S/c1-3-37-34(41)32(22-25-9-6-5-7-10-25)38(23-26-11-8-12-27(35)21-26)33(40)24-39(29-15-17-30(18-16-29)44-4-2)45(42,43)31-19-13-28(36)14-20-31/h5-21,32H,3-4,22-24H2,1-2H3,(H,37,41). The number of rotatable bonds is 14. The van der Waals surface area contributed by atoms with Crippen molar-refractivity contribution in [3.05, 3.63) is 124 Å². The van der Waals surface area contributed by atoms with Gasteiger partial charge in [-0.3, -0.25) is 13.9 Å². The molecule has 0 saturated heterocycles. The molecule has 0 heterocycles. The first-order valence-corrected chi connectivity index (χ1v) is 17.1. The molecule has 0 aliphatic heterocycles. The summed E-state index contributed by atoms with van der Waals surface area (Å²) in [6, 6.07) is 28.2. The maximum Gasteiger partial charge on any atom is 0.264 e. The van der Waals surface area contributed by atoms with E-state index >= 15 is 0 Å². The largest absolute Gasteiger partial charge is 0.494 e. The van der Waals surface area contributed by atoms with Gasteiger partial charge >= 0.3 is 0 Å². The number of sulfonamides is 1. The second-order valence-corrected chi connectivity index (χ2v) is 13.4. The lowest BCUT2D eigenvalue weighted by Gasteiger charge is -2.34. The molecule has 4 aromatic carbocycles. The zero-order chi connectivity index (χ0) is 32.4. The summed E-state index contributed by atoms with van der Waals surface area (Å²) in [6.07, 6.45) is 0.236. The fourth-order valence-corrected chi connectivity index (χ4v) is 6.80. The number of ether oxygens (including phenoxy) is 1. The Morgan fingerprint density at radius 2 is 1.56 bits per heavy atom. The van der Waals surface area contributed by atoms with Gasteiger partial charge in [-0.05, 0) is 85.6 Å². The van der Waals surface area contributed by atoms with Crippen LogP contribution in [0.5, 0.6) is 5.75 Å². The number of hydrogen-bond donors (Lipinski definition) is 1. The molecule has 0 aromatic heterocycles. The van der Waals surface area contributed by atoms with Crippen LogP contribution in [-0.2, 0) is 32.6 Å². The fourth-order valence-electron chi connectivity index (χ4n) is 4.82. The zero-order valence-electron chi connectivity index (χ0n) is 25.0. The van der Waals surface area contributed by atoms with Gasteiger partial charge in [-0.25, -0.2) is 8.42 Å². The van der Waals surface area contributed by atoms with Gasteiger partial charge in [-0.2, -0.15) is 0 Å². The zero-order valence-corrected chi connectivity index (χ0v) is 28.2. The number of carbonyl (C=O) groups excluding carboxylic acids is 2. The minimum absolute atomic E-state index is 0.0308. The van der Waals surface area contributed by atoms with E-state index < -0.39 is 28.5 Å². The summed E-state index contributed by atoms with van der Waals surface area (Å²) in [5, 5.41) is 3.24. The summed E-state index contributed by atoms with van der Waals surface area (Å²) in [7, 11) is -4.24. The minimum atomic E-state index is -4.24. The van der Waals surface area contributed by atoms with Gasteiger partial charge in [-0.1, -0.05) is 70.0 Å². The van der Waals surface area contributed by atoms with Gasteiger partial charge in [0.2, 0.25) is 11.8 Å². The quantitative estimate of drug-likeness (QED) is 0.162. The van der Waals surface area contributed by atoms with E-state index in [1.54, 1.807) is 24.3 Å². The Bertz CT molecular complexity index is 1690. The molecule has 0 fully saturated rings. The fraction of sp³-hybridized carbons (Fsp3) is 0.235. The van der Waals surface area contributed by atoms with Crippen LogP contribution in [0, 0.1) is 0 Å². The first kappa shape index (κ1) is 34.0. The maximum absolute atomic E-state index is 14.4. The van der Waals surface area contributed by atoms with Crippen LogP contribution in [-0.4, -0.2) is 50.9 Å². The van der Waals surface area contributed by atoms with Crippen molar-refractivity contribution >= 4 is 55.1 Å². The van der Waals surface area contributed by atoms with E-state index in [9.17, 15) is 18.0 Å². The Labute approximate surface area is 278 Å². The number of amides is 2. The second-order valence-electron chi connectivity index (χ2n) is 10.1. The van der Waals surface area contributed by atoms with E-state index in [1.807, 2.05) is 68.4 Å². The Morgan fingerprint density at radius 1 is 0.889 bits per heavy atom. The third kappa shape index (κ3) is 9.09. The van der Waals surface area contributed by atoms with E-state index in [1.165, 1.54) is 29.2 Å². The SMILES string of the molecule is CCNC(=O)C(Cc1ccccc1)N(Cc1cccc(Br)c1)C(=O)CN(c1ccc(OCC)cc1)S(=O)(=O)c1ccc(Cl)cc1. The number of benzene rings is 4. The topological polar surface area (TPSA) is 96.0 Å². The lowest BCUT2D eigenvalue weighted by molar-refractivity contribution is -0.140. The molecular weight excluding hydrogens is 678 g/mol. The molecule has 4 aromatic rings. The summed E-state index contributed by atoms with van der Waals surface area (Å²) in [4.78, 5) is 29.4. The van der Waals surface area contributed by atoms with Crippen molar-refractivity contribution in [1.82, 2.24) is 10.2 Å². The van der Waals surface area contributed by atoms with Gasteiger partial charge in [0.1, 0.15) is 18.3 Å². The highest BCUT2D eigenvalue weighted by Crippen LogP contribution is 2.28. The van der Waals surface area contributed by atoms with E-state index in [-0.39, 0.29) is 29.5 Å². The monoisotopic (exact) mass is 711 g/mol. The average Bonchev–Trinajstić information content (AvgIpc) is 3.03. The molecule has 0 radical (unpaired) electrons. The third-order valence-corrected chi connectivity index (χ3v) is 9.51. The highest BCUT2D eigenvalue weighted by molar-refractivity contribution is 9.10. The van der Waals surface area contributed by atoms with Crippen molar-refractivity contribution in [1.29, 1.82) is 0 Å². The molecule has 1 atom stereocenters. The van der Waals surface area contributed by atoms with Gasteiger partial charge in [0.15, 0.2) is 0 Å². The van der Waals surface area contributed by atoms with Crippen LogP contribution in [0.2, 0.25) is 5.02 Å². The van der Waals surface area contributed by atoms with Crippen molar-refractivity contribution in [2.24, 2.45) is 0 Å². The molecule has 0 aliphatic rings. The molecule has 0 bridgehead atoms. The lowest BCUT2D eigenvalue weighted by Crippen LogP contribution is -2.53. The highest BCUT2D eigenvalue weighted by atomic mass is 79.9.